The number of benzene rings is 1. The molecule has 4 nitrogen and oxygen atoms in total. The van der Waals surface area contributed by atoms with E-state index in [1.54, 1.807) is 0 Å². The van der Waals surface area contributed by atoms with Crippen molar-refractivity contribution in [3.8, 4) is 0 Å². The number of aliphatic imine (C=N–C) groups is 1. The predicted octanol–water partition coefficient (Wildman–Crippen LogP) is 3.86. The molecule has 0 aliphatic rings. The number of hydrogen-bond acceptors (Lipinski definition) is 3. The highest BCUT2D eigenvalue weighted by Gasteiger charge is 2.00. The number of rotatable bonds is 7. The van der Waals surface area contributed by atoms with Gasteiger partial charge in [-0.3, -0.25) is 4.98 Å². The average molecular weight is 456 g/mol. The molecule has 2 N–H and O–H groups in total. The summed E-state index contributed by atoms with van der Waals surface area (Å²) >= 11 is 1.84. The summed E-state index contributed by atoms with van der Waals surface area (Å²) in [6.45, 7) is 6.44. The minimum absolute atomic E-state index is 0. The first-order valence-electron chi connectivity index (χ1n) is 7.90. The second kappa shape index (κ2) is 12.1. The first kappa shape index (κ1) is 20.8. The van der Waals surface area contributed by atoms with E-state index in [-0.39, 0.29) is 24.0 Å². The van der Waals surface area contributed by atoms with Crippen molar-refractivity contribution in [3.63, 3.8) is 0 Å². The van der Waals surface area contributed by atoms with Gasteiger partial charge in [0, 0.05) is 29.9 Å². The zero-order valence-electron chi connectivity index (χ0n) is 14.2. The monoisotopic (exact) mass is 456 g/mol. The lowest BCUT2D eigenvalue weighted by atomic mass is 10.2. The van der Waals surface area contributed by atoms with E-state index in [0.29, 0.717) is 6.54 Å². The van der Waals surface area contributed by atoms with Crippen molar-refractivity contribution in [2.75, 3.05) is 18.8 Å². The average Bonchev–Trinajstić information content (AvgIpc) is 2.58. The van der Waals surface area contributed by atoms with Gasteiger partial charge in [-0.15, -0.1) is 35.7 Å². The van der Waals surface area contributed by atoms with Crippen LogP contribution in [0.1, 0.15) is 18.2 Å². The van der Waals surface area contributed by atoms with Crippen LogP contribution in [0, 0.1) is 6.92 Å². The molecule has 2 aromatic rings. The maximum atomic E-state index is 4.61. The summed E-state index contributed by atoms with van der Waals surface area (Å²) in [5, 5.41) is 6.64. The lowest BCUT2D eigenvalue weighted by molar-refractivity contribution is 0.835. The number of thioether (sulfide) groups is 1. The van der Waals surface area contributed by atoms with Crippen molar-refractivity contribution in [2.24, 2.45) is 4.99 Å². The standard InChI is InChI=1S/C18H24N4S.HI/c1-3-19-18(22-14-17-15(2)8-7-11-20-17)21-12-13-23-16-9-5-4-6-10-16;/h4-11H,3,12-14H2,1-2H3,(H2,19,21,22);1H. The topological polar surface area (TPSA) is 49.3 Å². The summed E-state index contributed by atoms with van der Waals surface area (Å²) in [5.74, 6) is 1.84. The fraction of sp³-hybridized carbons (Fsp3) is 0.333. The highest BCUT2D eigenvalue weighted by Crippen LogP contribution is 2.15. The van der Waals surface area contributed by atoms with Crippen LogP contribution in [-0.2, 0) is 6.54 Å². The Morgan fingerprint density at radius 1 is 1.12 bits per heavy atom. The van der Waals surface area contributed by atoms with Crippen molar-refractivity contribution < 1.29 is 0 Å². The second-order valence-electron chi connectivity index (χ2n) is 5.05. The molecule has 0 saturated carbocycles. The Morgan fingerprint density at radius 3 is 2.62 bits per heavy atom. The number of guanidine groups is 1. The van der Waals surface area contributed by atoms with Gasteiger partial charge in [0.25, 0.3) is 0 Å². The number of halogens is 1. The summed E-state index contributed by atoms with van der Waals surface area (Å²) in [4.78, 5) is 10.3. The van der Waals surface area contributed by atoms with E-state index >= 15 is 0 Å². The molecule has 130 valence electrons. The van der Waals surface area contributed by atoms with Gasteiger partial charge < -0.3 is 10.6 Å². The van der Waals surface area contributed by atoms with Crippen LogP contribution in [0.2, 0.25) is 0 Å². The zero-order chi connectivity index (χ0) is 16.3. The number of hydrogen-bond donors (Lipinski definition) is 2. The van der Waals surface area contributed by atoms with Crippen molar-refractivity contribution >= 4 is 41.7 Å². The molecule has 1 aromatic carbocycles. The Balaban J connectivity index is 0.00000288. The zero-order valence-corrected chi connectivity index (χ0v) is 17.3. The molecular weight excluding hydrogens is 431 g/mol. The van der Waals surface area contributed by atoms with Crippen molar-refractivity contribution in [1.82, 2.24) is 15.6 Å². The molecule has 6 heteroatoms. The Hall–Kier alpha value is -1.28. The second-order valence-corrected chi connectivity index (χ2v) is 6.22. The quantitative estimate of drug-likeness (QED) is 0.219. The van der Waals surface area contributed by atoms with E-state index in [4.69, 9.17) is 0 Å². The number of nitrogens with one attached hydrogen (secondary N) is 2. The molecule has 0 fully saturated rings. The fourth-order valence-electron chi connectivity index (χ4n) is 2.03. The van der Waals surface area contributed by atoms with Gasteiger partial charge in [-0.05, 0) is 37.6 Å². The van der Waals surface area contributed by atoms with E-state index in [1.807, 2.05) is 30.1 Å². The van der Waals surface area contributed by atoms with Gasteiger partial charge in [0.1, 0.15) is 0 Å². The Morgan fingerprint density at radius 2 is 1.92 bits per heavy atom. The molecule has 0 aliphatic heterocycles. The summed E-state index contributed by atoms with van der Waals surface area (Å²) < 4.78 is 0. The lowest BCUT2D eigenvalue weighted by Gasteiger charge is -2.11. The van der Waals surface area contributed by atoms with Crippen LogP contribution in [0.3, 0.4) is 0 Å². The molecule has 0 radical (unpaired) electrons. The highest BCUT2D eigenvalue weighted by atomic mass is 127. The smallest absolute Gasteiger partial charge is 0.191 e. The number of pyridine rings is 1. The van der Waals surface area contributed by atoms with E-state index < -0.39 is 0 Å². The van der Waals surface area contributed by atoms with Crippen LogP contribution in [0.25, 0.3) is 0 Å². The number of aromatic nitrogens is 1. The molecule has 0 unspecified atom stereocenters. The first-order chi connectivity index (χ1) is 11.3. The summed E-state index contributed by atoms with van der Waals surface area (Å²) in [6.07, 6.45) is 1.81. The van der Waals surface area contributed by atoms with Crippen LogP contribution in [-0.4, -0.2) is 29.8 Å². The normalized spacial score (nSPS) is 10.8. The van der Waals surface area contributed by atoms with E-state index in [0.717, 1.165) is 30.5 Å². The molecule has 0 saturated heterocycles. The molecule has 0 aliphatic carbocycles. The molecule has 1 heterocycles. The van der Waals surface area contributed by atoms with Gasteiger partial charge in [0.15, 0.2) is 5.96 Å². The van der Waals surface area contributed by atoms with E-state index in [1.165, 1.54) is 10.5 Å². The number of aryl methyl sites for hydroxylation is 1. The minimum Gasteiger partial charge on any atom is -0.357 e. The van der Waals surface area contributed by atoms with Crippen molar-refractivity contribution in [1.29, 1.82) is 0 Å². The molecule has 0 bridgehead atoms. The summed E-state index contributed by atoms with van der Waals surface area (Å²) in [7, 11) is 0. The van der Waals surface area contributed by atoms with Gasteiger partial charge in [0.2, 0.25) is 0 Å². The predicted molar refractivity (Wildman–Crippen MR) is 114 cm³/mol. The third kappa shape index (κ3) is 7.53. The van der Waals surface area contributed by atoms with Gasteiger partial charge in [-0.1, -0.05) is 24.3 Å². The van der Waals surface area contributed by atoms with Gasteiger partial charge in [-0.25, -0.2) is 4.99 Å². The lowest BCUT2D eigenvalue weighted by Crippen LogP contribution is -2.38. The molecule has 1 aromatic heterocycles. The van der Waals surface area contributed by atoms with E-state index in [2.05, 4.69) is 64.8 Å². The third-order valence-corrected chi connectivity index (χ3v) is 4.27. The largest absolute Gasteiger partial charge is 0.357 e. The molecule has 0 spiro atoms. The summed E-state index contributed by atoms with van der Waals surface area (Å²) in [5.41, 5.74) is 2.19. The molecule has 24 heavy (non-hydrogen) atoms. The first-order valence-corrected chi connectivity index (χ1v) is 8.88. The maximum Gasteiger partial charge on any atom is 0.191 e. The summed E-state index contributed by atoms with van der Waals surface area (Å²) in [6, 6.07) is 14.5. The van der Waals surface area contributed by atoms with Gasteiger partial charge in [0.05, 0.1) is 12.2 Å². The van der Waals surface area contributed by atoms with Crippen LogP contribution in [0.5, 0.6) is 0 Å². The highest BCUT2D eigenvalue weighted by molar-refractivity contribution is 14.0. The Bertz CT molecular complexity index is 619. The Kier molecular flexibility index (Phi) is 10.5. The third-order valence-electron chi connectivity index (χ3n) is 3.26. The maximum absolute atomic E-state index is 4.61. The molecule has 0 amide bonds. The SMILES string of the molecule is CCNC(=NCc1ncccc1C)NCCSc1ccccc1.I. The van der Waals surface area contributed by atoms with Crippen LogP contribution < -0.4 is 10.6 Å². The van der Waals surface area contributed by atoms with Crippen LogP contribution in [0.4, 0.5) is 0 Å². The van der Waals surface area contributed by atoms with E-state index in [9.17, 15) is 0 Å². The minimum atomic E-state index is 0. The molecule has 2 rings (SSSR count). The van der Waals surface area contributed by atoms with Gasteiger partial charge in [-0.2, -0.15) is 0 Å². The van der Waals surface area contributed by atoms with Crippen LogP contribution in [0.15, 0.2) is 58.5 Å². The van der Waals surface area contributed by atoms with Crippen molar-refractivity contribution in [3.05, 3.63) is 59.9 Å². The molecular formula is C18H25IN4S. The van der Waals surface area contributed by atoms with Gasteiger partial charge >= 0.3 is 0 Å². The fourth-order valence-corrected chi connectivity index (χ4v) is 2.82. The van der Waals surface area contributed by atoms with Crippen LogP contribution >= 0.6 is 35.7 Å². The van der Waals surface area contributed by atoms with Crippen molar-refractivity contribution in [2.45, 2.75) is 25.3 Å². The number of nitrogens with zero attached hydrogens (tertiary/aromatic N) is 2. The molecule has 0 atom stereocenters. The Labute approximate surface area is 166 Å².